The molecule has 0 aliphatic heterocycles. The molecule has 0 unspecified atom stereocenters. The smallest absolute Gasteiger partial charge is 0.250 e. The summed E-state index contributed by atoms with van der Waals surface area (Å²) in [7, 11) is 3.24. The van der Waals surface area contributed by atoms with Crippen molar-refractivity contribution in [3.05, 3.63) is 71.4 Å². The predicted molar refractivity (Wildman–Crippen MR) is 102 cm³/mol. The Balaban J connectivity index is 2.15. The zero-order chi connectivity index (χ0) is 18.7. The Morgan fingerprint density at radius 3 is 2.38 bits per heavy atom. The second-order valence-electron chi connectivity index (χ2n) is 6.00. The molecule has 0 bridgehead atoms. The lowest BCUT2D eigenvalue weighted by atomic mass is 10.1. The van der Waals surface area contributed by atoms with E-state index in [1.807, 2.05) is 61.5 Å². The minimum Gasteiger partial charge on any atom is -0.493 e. The van der Waals surface area contributed by atoms with Gasteiger partial charge in [-0.15, -0.1) is 0 Å². The standard InChI is InChI=1S/C21H22N2O3/c1-14-17(21(22)24)12-18(15-8-5-4-6-9-15)23(14)13-16-10-7-11-19(25-2)20(16)26-3/h4-12H,13H2,1-3H3,(H2,22,24). The average Bonchev–Trinajstić information content (AvgIpc) is 2.99. The van der Waals surface area contributed by atoms with Crippen LogP contribution in [0.5, 0.6) is 11.5 Å². The Bertz CT molecular complexity index is 930. The van der Waals surface area contributed by atoms with Crippen LogP contribution in [0.3, 0.4) is 0 Å². The number of carbonyl (C=O) groups is 1. The van der Waals surface area contributed by atoms with Crippen molar-refractivity contribution in [1.82, 2.24) is 4.57 Å². The number of hydrogen-bond acceptors (Lipinski definition) is 3. The van der Waals surface area contributed by atoms with Gasteiger partial charge in [-0.2, -0.15) is 0 Å². The van der Waals surface area contributed by atoms with Crippen LogP contribution >= 0.6 is 0 Å². The molecule has 0 saturated carbocycles. The molecule has 26 heavy (non-hydrogen) atoms. The third-order valence-electron chi connectivity index (χ3n) is 4.51. The molecule has 0 atom stereocenters. The van der Waals surface area contributed by atoms with Crippen LogP contribution in [0.15, 0.2) is 54.6 Å². The number of ether oxygens (including phenoxy) is 2. The Morgan fingerprint density at radius 2 is 1.77 bits per heavy atom. The first kappa shape index (κ1) is 17.6. The number of benzene rings is 2. The van der Waals surface area contributed by atoms with Gasteiger partial charge >= 0.3 is 0 Å². The van der Waals surface area contributed by atoms with Gasteiger partial charge < -0.3 is 19.8 Å². The van der Waals surface area contributed by atoms with Gasteiger partial charge in [0.05, 0.1) is 26.3 Å². The summed E-state index contributed by atoms with van der Waals surface area (Å²) in [6, 6.07) is 17.5. The number of amides is 1. The van der Waals surface area contributed by atoms with Crippen LogP contribution in [0, 0.1) is 6.92 Å². The van der Waals surface area contributed by atoms with Gasteiger partial charge in [-0.25, -0.2) is 0 Å². The molecule has 1 amide bonds. The molecule has 0 fully saturated rings. The molecule has 134 valence electrons. The quantitative estimate of drug-likeness (QED) is 0.738. The maximum Gasteiger partial charge on any atom is 0.250 e. The molecule has 0 aliphatic carbocycles. The van der Waals surface area contributed by atoms with Gasteiger partial charge in [-0.05, 0) is 24.6 Å². The van der Waals surface area contributed by atoms with Crippen LogP contribution in [0.4, 0.5) is 0 Å². The fraction of sp³-hybridized carbons (Fsp3) is 0.190. The van der Waals surface area contributed by atoms with Gasteiger partial charge in [0.25, 0.3) is 5.91 Å². The van der Waals surface area contributed by atoms with E-state index in [1.165, 1.54) is 0 Å². The van der Waals surface area contributed by atoms with E-state index in [9.17, 15) is 4.79 Å². The lowest BCUT2D eigenvalue weighted by molar-refractivity contribution is 0.0999. The number of primary amides is 1. The van der Waals surface area contributed by atoms with E-state index in [1.54, 1.807) is 14.2 Å². The Morgan fingerprint density at radius 1 is 1.04 bits per heavy atom. The normalized spacial score (nSPS) is 10.6. The molecule has 0 spiro atoms. The summed E-state index contributed by atoms with van der Waals surface area (Å²) < 4.78 is 13.0. The highest BCUT2D eigenvalue weighted by molar-refractivity contribution is 5.95. The van der Waals surface area contributed by atoms with Gasteiger partial charge in [0.15, 0.2) is 11.5 Å². The van der Waals surface area contributed by atoms with E-state index in [4.69, 9.17) is 15.2 Å². The van der Waals surface area contributed by atoms with Crippen molar-refractivity contribution in [2.45, 2.75) is 13.5 Å². The molecular formula is C21H22N2O3. The summed E-state index contributed by atoms with van der Waals surface area (Å²) in [5, 5.41) is 0. The molecule has 1 aromatic heterocycles. The van der Waals surface area contributed by atoms with Gasteiger partial charge in [0, 0.05) is 17.0 Å². The van der Waals surface area contributed by atoms with Crippen LogP contribution in [0.25, 0.3) is 11.3 Å². The molecule has 2 aromatic carbocycles. The van der Waals surface area contributed by atoms with E-state index in [0.717, 1.165) is 22.5 Å². The van der Waals surface area contributed by atoms with Crippen molar-refractivity contribution in [3.8, 4) is 22.8 Å². The molecule has 0 saturated heterocycles. The largest absolute Gasteiger partial charge is 0.493 e. The molecule has 0 radical (unpaired) electrons. The SMILES string of the molecule is COc1cccc(Cn2c(-c3ccccc3)cc(C(N)=O)c2C)c1OC. The Labute approximate surface area is 153 Å². The third-order valence-corrected chi connectivity index (χ3v) is 4.51. The maximum atomic E-state index is 11.9. The molecule has 5 nitrogen and oxygen atoms in total. The van der Waals surface area contributed by atoms with E-state index in [0.29, 0.717) is 23.6 Å². The van der Waals surface area contributed by atoms with E-state index >= 15 is 0 Å². The molecule has 2 N–H and O–H groups in total. The summed E-state index contributed by atoms with van der Waals surface area (Å²) in [6.45, 7) is 2.43. The number of methoxy groups -OCH3 is 2. The highest BCUT2D eigenvalue weighted by Crippen LogP contribution is 2.33. The van der Waals surface area contributed by atoms with Crippen LogP contribution in [-0.4, -0.2) is 24.7 Å². The zero-order valence-electron chi connectivity index (χ0n) is 15.2. The van der Waals surface area contributed by atoms with Gasteiger partial charge in [-0.1, -0.05) is 42.5 Å². The van der Waals surface area contributed by atoms with Crippen LogP contribution in [0.1, 0.15) is 21.6 Å². The van der Waals surface area contributed by atoms with Crippen molar-refractivity contribution in [1.29, 1.82) is 0 Å². The lowest BCUT2D eigenvalue weighted by Crippen LogP contribution is -2.13. The minimum absolute atomic E-state index is 0.434. The second-order valence-corrected chi connectivity index (χ2v) is 6.00. The molecule has 3 rings (SSSR count). The summed E-state index contributed by atoms with van der Waals surface area (Å²) in [6.07, 6.45) is 0. The lowest BCUT2D eigenvalue weighted by Gasteiger charge is -2.16. The van der Waals surface area contributed by atoms with Crippen LogP contribution in [0.2, 0.25) is 0 Å². The number of carbonyl (C=O) groups excluding carboxylic acids is 1. The molecule has 0 aliphatic rings. The highest BCUT2D eigenvalue weighted by Gasteiger charge is 2.19. The first-order valence-electron chi connectivity index (χ1n) is 8.32. The maximum absolute atomic E-state index is 11.9. The van der Waals surface area contributed by atoms with Gasteiger partial charge in [-0.3, -0.25) is 4.79 Å². The van der Waals surface area contributed by atoms with Crippen molar-refractivity contribution in [3.63, 3.8) is 0 Å². The summed E-state index contributed by atoms with van der Waals surface area (Å²) in [5.41, 5.74) is 9.82. The molecule has 3 aromatic rings. The van der Waals surface area contributed by atoms with Crippen molar-refractivity contribution >= 4 is 5.91 Å². The van der Waals surface area contributed by atoms with E-state index in [-0.39, 0.29) is 0 Å². The zero-order valence-corrected chi connectivity index (χ0v) is 15.2. The van der Waals surface area contributed by atoms with Crippen molar-refractivity contribution < 1.29 is 14.3 Å². The van der Waals surface area contributed by atoms with E-state index in [2.05, 4.69) is 4.57 Å². The topological polar surface area (TPSA) is 66.5 Å². The van der Waals surface area contributed by atoms with E-state index < -0.39 is 5.91 Å². The Hall–Kier alpha value is -3.21. The molecule has 1 heterocycles. The second kappa shape index (κ2) is 7.35. The molecular weight excluding hydrogens is 328 g/mol. The highest BCUT2D eigenvalue weighted by atomic mass is 16.5. The summed E-state index contributed by atoms with van der Waals surface area (Å²) in [4.78, 5) is 11.9. The van der Waals surface area contributed by atoms with Crippen molar-refractivity contribution in [2.75, 3.05) is 14.2 Å². The summed E-state index contributed by atoms with van der Waals surface area (Å²) in [5.74, 6) is 0.921. The first-order valence-corrected chi connectivity index (χ1v) is 8.32. The fourth-order valence-corrected chi connectivity index (χ4v) is 3.19. The predicted octanol–water partition coefficient (Wildman–Crippen LogP) is 3.63. The van der Waals surface area contributed by atoms with Crippen molar-refractivity contribution in [2.24, 2.45) is 5.73 Å². The number of hydrogen-bond donors (Lipinski definition) is 1. The average molecular weight is 350 g/mol. The number of para-hydroxylation sites is 1. The molecule has 5 heteroatoms. The number of aromatic nitrogens is 1. The number of rotatable bonds is 6. The van der Waals surface area contributed by atoms with Gasteiger partial charge in [0.1, 0.15) is 0 Å². The summed E-state index contributed by atoms with van der Waals surface area (Å²) >= 11 is 0. The first-order chi connectivity index (χ1) is 12.6. The van der Waals surface area contributed by atoms with Crippen LogP contribution in [-0.2, 0) is 6.54 Å². The third kappa shape index (κ3) is 3.16. The number of nitrogens with two attached hydrogens (primary N) is 1. The monoisotopic (exact) mass is 350 g/mol. The number of nitrogens with zero attached hydrogens (tertiary/aromatic N) is 1. The fourth-order valence-electron chi connectivity index (χ4n) is 3.19. The van der Waals surface area contributed by atoms with Gasteiger partial charge in [0.2, 0.25) is 0 Å². The Kier molecular flexibility index (Phi) is 4.98. The minimum atomic E-state index is -0.434. The van der Waals surface area contributed by atoms with Crippen LogP contribution < -0.4 is 15.2 Å².